The second-order valence-electron chi connectivity index (χ2n) is 7.98. The van der Waals surface area contributed by atoms with Crippen LogP contribution in [0.25, 0.3) is 6.08 Å². The zero-order valence-electron chi connectivity index (χ0n) is 19.3. The highest BCUT2D eigenvalue weighted by molar-refractivity contribution is 8.27. The molecule has 0 spiro atoms. The number of ether oxygens (including phenoxy) is 2. The van der Waals surface area contributed by atoms with Crippen LogP contribution in [0, 0.1) is 12.3 Å². The predicted octanol–water partition coefficient (Wildman–Crippen LogP) is 5.77. The van der Waals surface area contributed by atoms with E-state index in [1.807, 2.05) is 73.7 Å². The molecule has 0 aliphatic carbocycles. The lowest BCUT2D eigenvalue weighted by molar-refractivity contribution is -0.114. The molecule has 1 N–H and O–H groups in total. The van der Waals surface area contributed by atoms with E-state index < -0.39 is 5.91 Å². The van der Waals surface area contributed by atoms with E-state index in [-0.39, 0.29) is 11.4 Å². The number of benzene rings is 3. The lowest BCUT2D eigenvalue weighted by Gasteiger charge is -2.20. The Hall–Kier alpha value is -3.88. The molecule has 1 amide bonds. The molecule has 2 aliphatic heterocycles. The van der Waals surface area contributed by atoms with Gasteiger partial charge in [-0.3, -0.25) is 10.2 Å². The smallest absolute Gasteiger partial charge is 0.283 e. The van der Waals surface area contributed by atoms with Crippen molar-refractivity contribution in [1.82, 2.24) is 5.01 Å². The van der Waals surface area contributed by atoms with E-state index in [2.05, 4.69) is 10.1 Å². The first-order valence-corrected chi connectivity index (χ1v) is 12.3. The van der Waals surface area contributed by atoms with Crippen molar-refractivity contribution >= 4 is 51.4 Å². The van der Waals surface area contributed by atoms with E-state index in [0.717, 1.165) is 16.9 Å². The monoisotopic (exact) mass is 516 g/mol. The Morgan fingerprint density at radius 1 is 0.972 bits per heavy atom. The van der Waals surface area contributed by atoms with Crippen LogP contribution in [-0.4, -0.2) is 40.2 Å². The van der Waals surface area contributed by atoms with Crippen molar-refractivity contribution in [3.63, 3.8) is 0 Å². The number of carbonyl (C=O) groups excluding carboxylic acids is 1. The molecule has 9 heteroatoms. The first kappa shape index (κ1) is 23.8. The number of nitrogens with zero attached hydrogens (tertiary/aromatic N) is 3. The Labute approximate surface area is 217 Å². The molecule has 36 heavy (non-hydrogen) atoms. The second-order valence-corrected chi connectivity index (χ2v) is 9.35. The van der Waals surface area contributed by atoms with E-state index in [0.29, 0.717) is 34.2 Å². The minimum atomic E-state index is -0.483. The molecular formula is C27H21ClN4O3S. The molecule has 5 rings (SSSR count). The van der Waals surface area contributed by atoms with Gasteiger partial charge in [-0.1, -0.05) is 59.6 Å². The number of hydrogen-bond donors (Lipinski definition) is 1. The summed E-state index contributed by atoms with van der Waals surface area (Å²) in [6.07, 6.45) is 1.63. The fourth-order valence-corrected chi connectivity index (χ4v) is 4.73. The molecule has 3 aromatic rings. The van der Waals surface area contributed by atoms with Crippen LogP contribution in [0.15, 0.2) is 88.5 Å². The summed E-state index contributed by atoms with van der Waals surface area (Å²) >= 11 is 7.50. The summed E-state index contributed by atoms with van der Waals surface area (Å²) < 4.78 is 11.4. The van der Waals surface area contributed by atoms with Gasteiger partial charge in [0.2, 0.25) is 5.17 Å². The van der Waals surface area contributed by atoms with Crippen LogP contribution < -0.4 is 9.47 Å². The molecular weight excluding hydrogens is 496 g/mol. The summed E-state index contributed by atoms with van der Waals surface area (Å²) in [5.41, 5.74) is 2.81. The van der Waals surface area contributed by atoms with Crippen molar-refractivity contribution in [3.05, 3.63) is 100 Å². The van der Waals surface area contributed by atoms with E-state index in [1.54, 1.807) is 12.1 Å². The number of halogens is 1. The highest BCUT2D eigenvalue weighted by Crippen LogP contribution is 2.33. The van der Waals surface area contributed by atoms with Gasteiger partial charge in [0.1, 0.15) is 29.8 Å². The van der Waals surface area contributed by atoms with Crippen molar-refractivity contribution in [1.29, 1.82) is 5.41 Å². The molecule has 0 radical (unpaired) electrons. The second kappa shape index (κ2) is 10.4. The lowest BCUT2D eigenvalue weighted by atomic mass is 10.1. The van der Waals surface area contributed by atoms with Gasteiger partial charge in [-0.15, -0.1) is 0 Å². The summed E-state index contributed by atoms with van der Waals surface area (Å²) in [6.45, 7) is 2.85. The third-order valence-corrected chi connectivity index (χ3v) is 6.66. The first-order chi connectivity index (χ1) is 17.5. The molecule has 0 unspecified atom stereocenters. The Bertz CT molecular complexity index is 1420. The number of carbonyl (C=O) groups is 1. The number of fused-ring (bicyclic) bond motifs is 1. The van der Waals surface area contributed by atoms with Crippen molar-refractivity contribution in [2.75, 3.05) is 13.2 Å². The third-order valence-electron chi connectivity index (χ3n) is 5.39. The van der Waals surface area contributed by atoms with Gasteiger partial charge in [-0.05, 0) is 60.7 Å². The van der Waals surface area contributed by atoms with Gasteiger partial charge >= 0.3 is 0 Å². The van der Waals surface area contributed by atoms with Crippen molar-refractivity contribution in [2.45, 2.75) is 6.92 Å². The number of amides is 1. The van der Waals surface area contributed by atoms with Crippen LogP contribution >= 0.6 is 23.4 Å². The Morgan fingerprint density at radius 2 is 1.61 bits per heavy atom. The zero-order chi connectivity index (χ0) is 25.1. The number of aryl methyl sites for hydroxylation is 1. The molecule has 0 aromatic heterocycles. The van der Waals surface area contributed by atoms with Crippen LogP contribution in [0.1, 0.15) is 16.7 Å². The van der Waals surface area contributed by atoms with Crippen LogP contribution in [0.4, 0.5) is 0 Å². The topological polar surface area (TPSA) is 87.3 Å². The summed E-state index contributed by atoms with van der Waals surface area (Å²) in [4.78, 5) is 16.8. The molecule has 0 saturated carbocycles. The maximum absolute atomic E-state index is 12.7. The molecule has 180 valence electrons. The van der Waals surface area contributed by atoms with Gasteiger partial charge in [0.15, 0.2) is 5.84 Å². The van der Waals surface area contributed by atoms with Crippen LogP contribution in [0.2, 0.25) is 5.02 Å². The predicted molar refractivity (Wildman–Crippen MR) is 144 cm³/mol. The highest BCUT2D eigenvalue weighted by atomic mass is 35.5. The number of thioether (sulfide) groups is 1. The minimum Gasteiger partial charge on any atom is -0.490 e. The van der Waals surface area contributed by atoms with Gasteiger partial charge in [0, 0.05) is 5.56 Å². The van der Waals surface area contributed by atoms with Gasteiger partial charge in [0.05, 0.1) is 10.6 Å². The molecule has 0 saturated heterocycles. The SMILES string of the molecule is Cc1ccc(OCCOc2ccc(C=C3C(=N)N4N=C(c5ccccc5Cl)SC4=NC3=O)cc2)cc1. The van der Waals surface area contributed by atoms with Crippen LogP contribution in [0.5, 0.6) is 11.5 Å². The number of hydrogen-bond acceptors (Lipinski definition) is 6. The van der Waals surface area contributed by atoms with Gasteiger partial charge < -0.3 is 9.47 Å². The minimum absolute atomic E-state index is 0.0341. The Kier molecular flexibility index (Phi) is 6.88. The van der Waals surface area contributed by atoms with Gasteiger partial charge in [-0.25, -0.2) is 0 Å². The summed E-state index contributed by atoms with van der Waals surface area (Å²) in [5, 5.41) is 15.9. The Morgan fingerprint density at radius 3 is 2.28 bits per heavy atom. The average molecular weight is 517 g/mol. The first-order valence-electron chi connectivity index (χ1n) is 11.2. The van der Waals surface area contributed by atoms with E-state index >= 15 is 0 Å². The summed E-state index contributed by atoms with van der Waals surface area (Å²) in [5.74, 6) is 0.965. The van der Waals surface area contributed by atoms with Crippen molar-refractivity contribution < 1.29 is 14.3 Å². The number of rotatable bonds is 7. The standard InChI is InChI=1S/C27H21ClN4O3S/c1-17-6-10-19(11-7-17)34-14-15-35-20-12-8-18(9-13-20)16-22-24(29)32-27(30-25(22)33)36-26(31-32)21-4-2-3-5-23(21)28/h2-13,16,29H,14-15H2,1H3. The summed E-state index contributed by atoms with van der Waals surface area (Å²) in [7, 11) is 0. The van der Waals surface area contributed by atoms with Crippen molar-refractivity contribution in [2.24, 2.45) is 10.1 Å². The average Bonchev–Trinajstić information content (AvgIpc) is 3.30. The number of aliphatic imine (C=N–C) groups is 1. The fourth-order valence-electron chi connectivity index (χ4n) is 3.52. The molecule has 7 nitrogen and oxygen atoms in total. The molecule has 0 bridgehead atoms. The largest absolute Gasteiger partial charge is 0.490 e. The molecule has 0 fully saturated rings. The number of amidine groups is 2. The molecule has 2 heterocycles. The summed E-state index contributed by atoms with van der Waals surface area (Å²) in [6, 6.07) is 22.4. The fraction of sp³-hybridized carbons (Fsp3) is 0.111. The zero-order valence-corrected chi connectivity index (χ0v) is 20.8. The third kappa shape index (κ3) is 5.19. The number of nitrogens with one attached hydrogen (secondary N) is 1. The van der Waals surface area contributed by atoms with E-state index in [1.165, 1.54) is 22.3 Å². The number of hydrazone groups is 1. The molecule has 2 aliphatic rings. The van der Waals surface area contributed by atoms with Crippen molar-refractivity contribution in [3.8, 4) is 11.5 Å². The maximum Gasteiger partial charge on any atom is 0.283 e. The molecule has 3 aromatic carbocycles. The van der Waals surface area contributed by atoms with E-state index in [4.69, 9.17) is 26.5 Å². The van der Waals surface area contributed by atoms with E-state index in [9.17, 15) is 4.79 Å². The van der Waals surface area contributed by atoms with Crippen LogP contribution in [-0.2, 0) is 4.79 Å². The van der Waals surface area contributed by atoms with Gasteiger partial charge in [0.25, 0.3) is 5.91 Å². The normalized spacial score (nSPS) is 16.1. The van der Waals surface area contributed by atoms with Crippen LogP contribution in [0.3, 0.4) is 0 Å². The quantitative estimate of drug-likeness (QED) is 0.318. The Balaban J connectivity index is 1.23. The van der Waals surface area contributed by atoms with Gasteiger partial charge in [-0.2, -0.15) is 15.1 Å². The highest BCUT2D eigenvalue weighted by Gasteiger charge is 2.36. The maximum atomic E-state index is 12.7. The molecule has 0 atom stereocenters. The lowest BCUT2D eigenvalue weighted by Crippen LogP contribution is -2.35.